The van der Waals surface area contributed by atoms with Crippen LogP contribution in [0.5, 0.6) is 0 Å². The van der Waals surface area contributed by atoms with E-state index < -0.39 is 0 Å². The summed E-state index contributed by atoms with van der Waals surface area (Å²) >= 11 is 0. The van der Waals surface area contributed by atoms with Crippen LogP contribution in [0.2, 0.25) is 0 Å². The third-order valence-electron chi connectivity index (χ3n) is 3.55. The fraction of sp³-hybridized carbons (Fsp3) is 0.0500. The Morgan fingerprint density at radius 1 is 1.08 bits per heavy atom. The molecule has 0 bridgehead atoms. The maximum absolute atomic E-state index is 12.4. The Hall–Kier alpha value is -3.47. The average Bonchev–Trinajstić information content (AvgIpc) is 3.04. The van der Waals surface area contributed by atoms with Gasteiger partial charge in [0.15, 0.2) is 0 Å². The van der Waals surface area contributed by atoms with Crippen molar-refractivity contribution in [2.75, 3.05) is 0 Å². The number of amides is 1. The van der Waals surface area contributed by atoms with Crippen molar-refractivity contribution < 1.29 is 9.32 Å². The summed E-state index contributed by atoms with van der Waals surface area (Å²) in [5.41, 5.74) is 5.27. The first-order valence-corrected chi connectivity index (χ1v) is 7.82. The molecule has 3 rings (SSSR count). The monoisotopic (exact) mass is 331 g/mol. The number of carbonyl (C=O) groups is 1. The Morgan fingerprint density at radius 2 is 1.76 bits per heavy atom. The quantitative estimate of drug-likeness (QED) is 0.566. The van der Waals surface area contributed by atoms with Crippen molar-refractivity contribution in [3.63, 3.8) is 0 Å². The predicted octanol–water partition coefficient (Wildman–Crippen LogP) is 4.08. The summed E-state index contributed by atoms with van der Waals surface area (Å²) in [6, 6.07) is 19.2. The average molecular weight is 331 g/mol. The first-order valence-electron chi connectivity index (χ1n) is 7.82. The maximum Gasteiger partial charge on any atom is 0.277 e. The van der Waals surface area contributed by atoms with Gasteiger partial charge in [0, 0.05) is 11.8 Å². The molecule has 0 fully saturated rings. The van der Waals surface area contributed by atoms with Gasteiger partial charge in [0.1, 0.15) is 17.0 Å². The molecule has 3 aromatic rings. The summed E-state index contributed by atoms with van der Waals surface area (Å²) in [4.78, 5) is 12.4. The van der Waals surface area contributed by atoms with E-state index in [4.69, 9.17) is 4.52 Å². The van der Waals surface area contributed by atoms with E-state index in [1.807, 2.05) is 66.7 Å². The summed E-state index contributed by atoms with van der Waals surface area (Å²) in [7, 11) is 0. The molecule has 1 aromatic heterocycles. The molecule has 0 saturated heterocycles. The molecule has 1 heterocycles. The molecule has 124 valence electrons. The number of hydrazone groups is 1. The minimum atomic E-state index is -0.359. The Kier molecular flexibility index (Phi) is 5.16. The SMILES string of the molecule is Cc1onc(-c2ccccc2)c1C(=O)N/N=C\C=C\c1ccccc1. The molecule has 0 unspecified atom stereocenters. The highest BCUT2D eigenvalue weighted by molar-refractivity contribution is 6.01. The van der Waals surface area contributed by atoms with Crippen LogP contribution < -0.4 is 5.43 Å². The molecule has 0 aliphatic carbocycles. The van der Waals surface area contributed by atoms with Crippen LogP contribution in [0.4, 0.5) is 0 Å². The lowest BCUT2D eigenvalue weighted by atomic mass is 10.1. The number of aryl methyl sites for hydroxylation is 1. The number of allylic oxidation sites excluding steroid dienone is 1. The molecule has 5 heteroatoms. The lowest BCUT2D eigenvalue weighted by Crippen LogP contribution is -2.18. The van der Waals surface area contributed by atoms with Crippen LogP contribution in [-0.2, 0) is 0 Å². The van der Waals surface area contributed by atoms with E-state index in [1.54, 1.807) is 13.0 Å². The van der Waals surface area contributed by atoms with Gasteiger partial charge in [-0.25, -0.2) is 5.43 Å². The number of hydrogen-bond acceptors (Lipinski definition) is 4. The van der Waals surface area contributed by atoms with E-state index >= 15 is 0 Å². The zero-order chi connectivity index (χ0) is 17.5. The molecular formula is C20H17N3O2. The fourth-order valence-corrected chi connectivity index (χ4v) is 2.35. The van der Waals surface area contributed by atoms with Crippen LogP contribution in [-0.4, -0.2) is 17.3 Å². The lowest BCUT2D eigenvalue weighted by Gasteiger charge is -2.01. The number of benzene rings is 2. The van der Waals surface area contributed by atoms with Crippen molar-refractivity contribution in [1.29, 1.82) is 0 Å². The van der Waals surface area contributed by atoms with Gasteiger partial charge in [0.2, 0.25) is 0 Å². The molecule has 2 aromatic carbocycles. The molecule has 0 aliphatic rings. The van der Waals surface area contributed by atoms with Gasteiger partial charge in [-0.1, -0.05) is 71.9 Å². The van der Waals surface area contributed by atoms with Gasteiger partial charge >= 0.3 is 0 Å². The molecule has 1 N–H and O–H groups in total. The van der Waals surface area contributed by atoms with Gasteiger partial charge < -0.3 is 4.52 Å². The van der Waals surface area contributed by atoms with E-state index in [0.717, 1.165) is 11.1 Å². The predicted molar refractivity (Wildman–Crippen MR) is 98.1 cm³/mol. The second-order valence-electron chi connectivity index (χ2n) is 5.32. The minimum Gasteiger partial charge on any atom is -0.360 e. The third-order valence-corrected chi connectivity index (χ3v) is 3.55. The fourth-order valence-electron chi connectivity index (χ4n) is 2.35. The third kappa shape index (κ3) is 4.09. The highest BCUT2D eigenvalue weighted by Crippen LogP contribution is 2.24. The molecule has 0 saturated carbocycles. The second kappa shape index (κ2) is 7.88. The normalized spacial score (nSPS) is 11.2. The van der Waals surface area contributed by atoms with E-state index in [2.05, 4.69) is 15.7 Å². The molecule has 5 nitrogen and oxygen atoms in total. The van der Waals surface area contributed by atoms with Crippen LogP contribution in [0.15, 0.2) is 76.4 Å². The zero-order valence-electron chi connectivity index (χ0n) is 13.7. The highest BCUT2D eigenvalue weighted by atomic mass is 16.5. The molecule has 0 atom stereocenters. The van der Waals surface area contributed by atoms with Crippen molar-refractivity contribution in [3.05, 3.63) is 83.6 Å². The number of hydrogen-bond donors (Lipinski definition) is 1. The smallest absolute Gasteiger partial charge is 0.277 e. The van der Waals surface area contributed by atoms with Gasteiger partial charge in [-0.2, -0.15) is 5.10 Å². The summed E-state index contributed by atoms with van der Waals surface area (Å²) < 4.78 is 5.18. The Bertz CT molecular complexity index is 897. The van der Waals surface area contributed by atoms with Gasteiger partial charge in [0.05, 0.1) is 0 Å². The molecule has 25 heavy (non-hydrogen) atoms. The van der Waals surface area contributed by atoms with Crippen LogP contribution in [0, 0.1) is 6.92 Å². The van der Waals surface area contributed by atoms with Gasteiger partial charge in [-0.05, 0) is 18.6 Å². The van der Waals surface area contributed by atoms with Crippen LogP contribution in [0.3, 0.4) is 0 Å². The Balaban J connectivity index is 1.69. The number of aromatic nitrogens is 1. The van der Waals surface area contributed by atoms with Crippen molar-refractivity contribution in [2.45, 2.75) is 6.92 Å². The second-order valence-corrected chi connectivity index (χ2v) is 5.32. The zero-order valence-corrected chi connectivity index (χ0v) is 13.7. The molecular weight excluding hydrogens is 314 g/mol. The molecule has 0 spiro atoms. The Labute approximate surface area is 145 Å². The number of nitrogens with zero attached hydrogens (tertiary/aromatic N) is 2. The van der Waals surface area contributed by atoms with E-state index in [1.165, 1.54) is 6.21 Å². The summed E-state index contributed by atoms with van der Waals surface area (Å²) in [5, 5.41) is 7.93. The largest absolute Gasteiger partial charge is 0.360 e. The lowest BCUT2D eigenvalue weighted by molar-refractivity contribution is 0.0954. The summed E-state index contributed by atoms with van der Waals surface area (Å²) in [6.07, 6.45) is 5.18. The van der Waals surface area contributed by atoms with Gasteiger partial charge in [0.25, 0.3) is 5.91 Å². The van der Waals surface area contributed by atoms with E-state index in [-0.39, 0.29) is 5.91 Å². The molecule has 0 aliphatic heterocycles. The first kappa shape index (κ1) is 16.4. The minimum absolute atomic E-state index is 0.359. The number of carbonyl (C=O) groups excluding carboxylic acids is 1. The van der Waals surface area contributed by atoms with Crippen molar-refractivity contribution in [1.82, 2.24) is 10.6 Å². The van der Waals surface area contributed by atoms with Crippen molar-refractivity contribution in [3.8, 4) is 11.3 Å². The van der Waals surface area contributed by atoms with Gasteiger partial charge in [-0.3, -0.25) is 4.79 Å². The highest BCUT2D eigenvalue weighted by Gasteiger charge is 2.20. The van der Waals surface area contributed by atoms with Crippen molar-refractivity contribution >= 4 is 18.2 Å². The van der Waals surface area contributed by atoms with E-state index in [9.17, 15) is 4.79 Å². The summed E-state index contributed by atoms with van der Waals surface area (Å²) in [6.45, 7) is 1.70. The number of rotatable bonds is 5. The van der Waals surface area contributed by atoms with Gasteiger partial charge in [-0.15, -0.1) is 0 Å². The van der Waals surface area contributed by atoms with Crippen LogP contribution in [0.25, 0.3) is 17.3 Å². The summed E-state index contributed by atoms with van der Waals surface area (Å²) in [5.74, 6) is 0.0911. The maximum atomic E-state index is 12.4. The van der Waals surface area contributed by atoms with Crippen LogP contribution in [0.1, 0.15) is 21.7 Å². The molecule has 0 radical (unpaired) electrons. The molecule has 1 amide bonds. The standard InChI is InChI=1S/C20H17N3O2/c1-15-18(19(23-25-15)17-12-6-3-7-13-17)20(24)22-21-14-8-11-16-9-4-2-5-10-16/h2-14H,1H3,(H,22,24)/b11-8+,21-14-. The topological polar surface area (TPSA) is 67.5 Å². The van der Waals surface area contributed by atoms with Crippen molar-refractivity contribution in [2.24, 2.45) is 5.10 Å². The van der Waals surface area contributed by atoms with E-state index in [0.29, 0.717) is 17.0 Å². The number of nitrogens with one attached hydrogen (secondary N) is 1. The Morgan fingerprint density at radius 3 is 2.48 bits per heavy atom. The van der Waals surface area contributed by atoms with Crippen LogP contribution >= 0.6 is 0 Å². The first-order chi connectivity index (χ1) is 12.3.